The number of nitrogen functional groups attached to an aromatic ring is 1. The number of anilines is 1. The first kappa shape index (κ1) is 17.7. The topological polar surface area (TPSA) is 43.8 Å². The van der Waals surface area contributed by atoms with Gasteiger partial charge in [0.25, 0.3) is 0 Å². The van der Waals surface area contributed by atoms with Crippen LogP contribution in [0.15, 0.2) is 88.8 Å². The molecule has 0 spiro atoms. The number of hydrogen-bond acceptors (Lipinski definition) is 3. The molecule has 0 aliphatic rings. The number of aromatic nitrogens is 2. The molecule has 0 amide bonds. The van der Waals surface area contributed by atoms with Crippen molar-refractivity contribution in [3.63, 3.8) is 0 Å². The zero-order valence-electron chi connectivity index (χ0n) is 14.8. The van der Waals surface area contributed by atoms with Gasteiger partial charge >= 0.3 is 0 Å². The molecular formula is C22H18ClN3S. The summed E-state index contributed by atoms with van der Waals surface area (Å²) in [7, 11) is 2.05. The van der Waals surface area contributed by atoms with Crippen LogP contribution in [-0.4, -0.2) is 9.55 Å². The third-order valence-corrected chi connectivity index (χ3v) is 5.71. The van der Waals surface area contributed by atoms with E-state index in [-0.39, 0.29) is 0 Å². The van der Waals surface area contributed by atoms with Gasteiger partial charge < -0.3 is 10.3 Å². The summed E-state index contributed by atoms with van der Waals surface area (Å²) < 4.78 is 2.14. The Morgan fingerprint density at radius 1 is 0.852 bits per heavy atom. The van der Waals surface area contributed by atoms with Crippen LogP contribution >= 0.6 is 23.4 Å². The van der Waals surface area contributed by atoms with E-state index in [2.05, 4.69) is 16.7 Å². The molecule has 4 aromatic rings. The molecule has 0 saturated carbocycles. The van der Waals surface area contributed by atoms with Crippen molar-refractivity contribution in [2.45, 2.75) is 9.92 Å². The van der Waals surface area contributed by atoms with Crippen LogP contribution in [-0.2, 0) is 7.05 Å². The van der Waals surface area contributed by atoms with E-state index in [0.29, 0.717) is 0 Å². The van der Waals surface area contributed by atoms with Crippen LogP contribution in [0.4, 0.5) is 5.69 Å². The summed E-state index contributed by atoms with van der Waals surface area (Å²) in [6, 6.07) is 25.9. The molecule has 1 heterocycles. The van der Waals surface area contributed by atoms with Crippen molar-refractivity contribution < 1.29 is 0 Å². The van der Waals surface area contributed by atoms with Gasteiger partial charge in [0.05, 0.1) is 0 Å². The SMILES string of the molecule is Cn1c(-c2ccccc2)nc(-c2ccc(N)cc2)c1Sc1ccc(Cl)cc1. The lowest BCUT2D eigenvalue weighted by atomic mass is 10.1. The van der Waals surface area contributed by atoms with Crippen molar-refractivity contribution in [1.82, 2.24) is 9.55 Å². The molecule has 0 radical (unpaired) electrons. The van der Waals surface area contributed by atoms with Crippen molar-refractivity contribution in [1.29, 1.82) is 0 Å². The maximum Gasteiger partial charge on any atom is 0.141 e. The summed E-state index contributed by atoms with van der Waals surface area (Å²) in [5.41, 5.74) is 9.67. The van der Waals surface area contributed by atoms with Gasteiger partial charge in [-0.25, -0.2) is 4.98 Å². The largest absolute Gasteiger partial charge is 0.399 e. The molecule has 5 heteroatoms. The number of nitrogens with zero attached hydrogens (tertiary/aromatic N) is 2. The molecule has 0 aliphatic heterocycles. The van der Waals surface area contributed by atoms with Gasteiger partial charge in [-0.1, -0.05) is 65.8 Å². The first-order chi connectivity index (χ1) is 13.1. The maximum absolute atomic E-state index is 6.03. The van der Waals surface area contributed by atoms with E-state index >= 15 is 0 Å². The van der Waals surface area contributed by atoms with E-state index in [1.54, 1.807) is 11.8 Å². The molecule has 27 heavy (non-hydrogen) atoms. The van der Waals surface area contributed by atoms with Crippen molar-refractivity contribution in [3.8, 4) is 22.6 Å². The van der Waals surface area contributed by atoms with Crippen LogP contribution in [0.1, 0.15) is 0 Å². The molecule has 134 valence electrons. The minimum absolute atomic E-state index is 0.730. The lowest BCUT2D eigenvalue weighted by Crippen LogP contribution is -1.94. The van der Waals surface area contributed by atoms with E-state index in [0.717, 1.165) is 43.3 Å². The highest BCUT2D eigenvalue weighted by Gasteiger charge is 2.18. The number of halogens is 1. The number of benzene rings is 3. The molecule has 4 rings (SSSR count). The highest BCUT2D eigenvalue weighted by molar-refractivity contribution is 7.99. The van der Waals surface area contributed by atoms with Gasteiger partial charge in [0.1, 0.15) is 16.5 Å². The Hall–Kier alpha value is -2.69. The van der Waals surface area contributed by atoms with Gasteiger partial charge in [0.15, 0.2) is 0 Å². The van der Waals surface area contributed by atoms with Crippen LogP contribution in [0.25, 0.3) is 22.6 Å². The van der Waals surface area contributed by atoms with Gasteiger partial charge in [0.2, 0.25) is 0 Å². The van der Waals surface area contributed by atoms with Crippen molar-refractivity contribution >= 4 is 29.1 Å². The molecule has 0 aliphatic carbocycles. The quantitative estimate of drug-likeness (QED) is 0.425. The standard InChI is InChI=1S/C22H18ClN3S/c1-26-21(16-5-3-2-4-6-16)25-20(15-7-11-18(24)12-8-15)22(26)27-19-13-9-17(23)10-14-19/h2-14H,24H2,1H3. The molecule has 0 fully saturated rings. The second-order valence-electron chi connectivity index (χ2n) is 6.19. The third kappa shape index (κ3) is 3.72. The average molecular weight is 392 g/mol. The Bertz CT molecular complexity index is 1060. The lowest BCUT2D eigenvalue weighted by Gasteiger charge is -2.08. The highest BCUT2D eigenvalue weighted by atomic mass is 35.5. The molecule has 0 bridgehead atoms. The fraction of sp³-hybridized carbons (Fsp3) is 0.0455. The fourth-order valence-electron chi connectivity index (χ4n) is 2.89. The number of hydrogen-bond donors (Lipinski definition) is 1. The van der Waals surface area contributed by atoms with E-state index in [4.69, 9.17) is 22.3 Å². The second kappa shape index (κ2) is 7.51. The third-order valence-electron chi connectivity index (χ3n) is 4.29. The Morgan fingerprint density at radius 3 is 2.19 bits per heavy atom. The second-order valence-corrected chi connectivity index (χ2v) is 7.69. The number of rotatable bonds is 4. The van der Waals surface area contributed by atoms with Crippen LogP contribution in [0.2, 0.25) is 5.02 Å². The summed E-state index contributed by atoms with van der Waals surface area (Å²) in [4.78, 5) is 6.08. The van der Waals surface area contributed by atoms with Gasteiger partial charge in [-0.3, -0.25) is 0 Å². The molecule has 3 nitrogen and oxygen atoms in total. The Morgan fingerprint density at radius 2 is 1.52 bits per heavy atom. The van der Waals surface area contributed by atoms with Gasteiger partial charge in [-0.15, -0.1) is 0 Å². The minimum atomic E-state index is 0.730. The molecule has 0 unspecified atom stereocenters. The zero-order valence-corrected chi connectivity index (χ0v) is 16.3. The summed E-state index contributed by atoms with van der Waals surface area (Å²) in [6.45, 7) is 0. The fourth-order valence-corrected chi connectivity index (χ4v) is 3.99. The predicted molar refractivity (Wildman–Crippen MR) is 114 cm³/mol. The smallest absolute Gasteiger partial charge is 0.141 e. The number of nitrogens with two attached hydrogens (primary N) is 1. The van der Waals surface area contributed by atoms with Crippen LogP contribution in [0.5, 0.6) is 0 Å². The summed E-state index contributed by atoms with van der Waals surface area (Å²) in [5, 5.41) is 1.80. The van der Waals surface area contributed by atoms with Crippen LogP contribution in [0.3, 0.4) is 0 Å². The predicted octanol–water partition coefficient (Wildman–Crippen LogP) is 6.14. The van der Waals surface area contributed by atoms with E-state index in [1.165, 1.54) is 0 Å². The van der Waals surface area contributed by atoms with E-state index in [1.807, 2.05) is 73.8 Å². The maximum atomic E-state index is 6.03. The number of imidazole rings is 1. The summed E-state index contributed by atoms with van der Waals surface area (Å²) >= 11 is 7.71. The average Bonchev–Trinajstić information content (AvgIpc) is 3.01. The molecule has 3 aromatic carbocycles. The molecule has 1 aromatic heterocycles. The zero-order chi connectivity index (χ0) is 18.8. The Kier molecular flexibility index (Phi) is 4.92. The van der Waals surface area contributed by atoms with Gasteiger partial charge in [0, 0.05) is 33.8 Å². The molecule has 0 saturated heterocycles. The molecule has 0 atom stereocenters. The van der Waals surface area contributed by atoms with Crippen LogP contribution < -0.4 is 5.73 Å². The first-order valence-electron chi connectivity index (χ1n) is 8.53. The van der Waals surface area contributed by atoms with Crippen molar-refractivity contribution in [3.05, 3.63) is 83.9 Å². The van der Waals surface area contributed by atoms with E-state index in [9.17, 15) is 0 Å². The lowest BCUT2D eigenvalue weighted by molar-refractivity contribution is 0.835. The minimum Gasteiger partial charge on any atom is -0.399 e. The Labute approximate surface area is 167 Å². The van der Waals surface area contributed by atoms with E-state index < -0.39 is 0 Å². The first-order valence-corrected chi connectivity index (χ1v) is 9.73. The van der Waals surface area contributed by atoms with Gasteiger partial charge in [-0.2, -0.15) is 0 Å². The normalized spacial score (nSPS) is 10.9. The van der Waals surface area contributed by atoms with Gasteiger partial charge in [-0.05, 0) is 36.4 Å². The van der Waals surface area contributed by atoms with Crippen LogP contribution in [0, 0.1) is 0 Å². The highest BCUT2D eigenvalue weighted by Crippen LogP contribution is 2.38. The van der Waals surface area contributed by atoms with Crippen molar-refractivity contribution in [2.24, 2.45) is 7.05 Å². The molecule has 2 N–H and O–H groups in total. The monoisotopic (exact) mass is 391 g/mol. The van der Waals surface area contributed by atoms with Crippen molar-refractivity contribution in [2.75, 3.05) is 5.73 Å². The summed E-state index contributed by atoms with van der Waals surface area (Å²) in [6.07, 6.45) is 0. The summed E-state index contributed by atoms with van der Waals surface area (Å²) in [5.74, 6) is 0.930. The molecular weight excluding hydrogens is 374 g/mol. The Balaban J connectivity index is 1.85.